The number of sulfonamides is 1. The van der Waals surface area contributed by atoms with E-state index < -0.39 is 22.5 Å². The molecule has 4 aromatic carbocycles. The Morgan fingerprint density at radius 1 is 0.973 bits per heavy atom. The lowest BCUT2D eigenvalue weighted by Gasteiger charge is -2.25. The molecule has 37 heavy (non-hydrogen) atoms. The summed E-state index contributed by atoms with van der Waals surface area (Å²) in [5, 5.41) is 15.9. The Bertz CT molecular complexity index is 1560. The monoisotopic (exact) mass is 519 g/mol. The third-order valence-corrected chi connectivity index (χ3v) is 7.38. The van der Waals surface area contributed by atoms with E-state index in [0.717, 1.165) is 15.1 Å². The van der Waals surface area contributed by atoms with Crippen LogP contribution in [0.2, 0.25) is 0 Å². The summed E-state index contributed by atoms with van der Waals surface area (Å²) >= 11 is 0. The lowest BCUT2D eigenvalue weighted by Crippen LogP contribution is -2.39. The van der Waals surface area contributed by atoms with Gasteiger partial charge in [-0.15, -0.1) is 0 Å². The Balaban J connectivity index is 1.65. The molecule has 0 saturated carbocycles. The summed E-state index contributed by atoms with van der Waals surface area (Å²) in [5.74, 6) is -0.0428. The zero-order chi connectivity index (χ0) is 26.4. The highest BCUT2D eigenvalue weighted by Gasteiger charge is 2.29. The minimum atomic E-state index is -4.15. The number of aromatic hydroxyl groups is 1. The lowest BCUT2D eigenvalue weighted by atomic mass is 10.0. The van der Waals surface area contributed by atoms with Crippen molar-refractivity contribution in [2.45, 2.75) is 4.90 Å². The number of fused-ring (bicyclic) bond motifs is 1. The average Bonchev–Trinajstić information content (AvgIpc) is 2.93. The highest BCUT2D eigenvalue weighted by molar-refractivity contribution is 7.92. The molecular weight excluding hydrogens is 494 g/mol. The second kappa shape index (κ2) is 11.0. The lowest BCUT2D eigenvalue weighted by molar-refractivity contribution is -0.119. The minimum Gasteiger partial charge on any atom is -0.507 e. The third-order valence-electron chi connectivity index (χ3n) is 5.60. The number of anilines is 1. The van der Waals surface area contributed by atoms with E-state index in [2.05, 4.69) is 10.5 Å². The Hall–Kier alpha value is -4.57. The Kier molecular flexibility index (Phi) is 7.59. The number of hydrogen-bond donors (Lipinski definition) is 2. The van der Waals surface area contributed by atoms with Crippen molar-refractivity contribution < 1.29 is 27.8 Å². The first-order valence-electron chi connectivity index (χ1n) is 11.2. The molecule has 190 valence electrons. The van der Waals surface area contributed by atoms with Gasteiger partial charge >= 0.3 is 0 Å². The SMILES string of the molecule is COc1ccc(N(CC(=O)N/N=C\c2c(O)ccc3ccccc23)S(=O)(=O)c2ccccc2)c(OC)c1. The second-order valence-electron chi connectivity index (χ2n) is 7.88. The number of amides is 1. The fraction of sp³-hybridized carbons (Fsp3) is 0.111. The number of phenolic OH excluding ortho intramolecular Hbond substituents is 1. The molecule has 0 saturated heterocycles. The van der Waals surface area contributed by atoms with Crippen LogP contribution in [0.3, 0.4) is 0 Å². The van der Waals surface area contributed by atoms with Gasteiger partial charge in [0.25, 0.3) is 15.9 Å². The average molecular weight is 520 g/mol. The topological polar surface area (TPSA) is 118 Å². The maximum absolute atomic E-state index is 13.6. The van der Waals surface area contributed by atoms with Crippen molar-refractivity contribution in [1.29, 1.82) is 0 Å². The van der Waals surface area contributed by atoms with Crippen molar-refractivity contribution in [2.24, 2.45) is 5.10 Å². The number of carbonyl (C=O) groups excluding carboxylic acids is 1. The van der Waals surface area contributed by atoms with E-state index in [1.54, 1.807) is 30.3 Å². The van der Waals surface area contributed by atoms with Gasteiger partial charge in [0, 0.05) is 11.6 Å². The fourth-order valence-electron chi connectivity index (χ4n) is 3.76. The number of rotatable bonds is 9. The standard InChI is InChI=1S/C27H25N3O6S/c1-35-20-13-14-24(26(16-20)36-2)30(37(33,34)21-9-4-3-5-10-21)18-27(32)29-28-17-23-22-11-7-6-8-19(22)12-15-25(23)31/h3-17,31H,18H2,1-2H3,(H,29,32)/b28-17-. The van der Waals surface area contributed by atoms with Gasteiger partial charge < -0.3 is 14.6 Å². The van der Waals surface area contributed by atoms with Crippen LogP contribution in [0.15, 0.2) is 94.9 Å². The van der Waals surface area contributed by atoms with E-state index >= 15 is 0 Å². The molecule has 0 aliphatic heterocycles. The second-order valence-corrected chi connectivity index (χ2v) is 9.74. The summed E-state index contributed by atoms with van der Waals surface area (Å²) in [4.78, 5) is 12.9. The van der Waals surface area contributed by atoms with Crippen LogP contribution in [0.25, 0.3) is 10.8 Å². The molecule has 0 fully saturated rings. The molecular formula is C27H25N3O6S. The van der Waals surface area contributed by atoms with Crippen LogP contribution in [0.5, 0.6) is 17.2 Å². The number of methoxy groups -OCH3 is 2. The molecule has 0 aromatic heterocycles. The summed E-state index contributed by atoms with van der Waals surface area (Å²) in [6, 6.07) is 23.1. The van der Waals surface area contributed by atoms with Crippen LogP contribution in [0.4, 0.5) is 5.69 Å². The van der Waals surface area contributed by atoms with Gasteiger partial charge in [-0.3, -0.25) is 9.10 Å². The molecule has 0 unspecified atom stereocenters. The number of benzene rings is 4. The van der Waals surface area contributed by atoms with Gasteiger partial charge in [0.2, 0.25) is 0 Å². The maximum atomic E-state index is 13.6. The van der Waals surface area contributed by atoms with Crippen molar-refractivity contribution in [2.75, 3.05) is 25.1 Å². The quantitative estimate of drug-likeness (QED) is 0.256. The van der Waals surface area contributed by atoms with Crippen molar-refractivity contribution in [3.05, 3.63) is 90.5 Å². The van der Waals surface area contributed by atoms with E-state index in [1.807, 2.05) is 24.3 Å². The van der Waals surface area contributed by atoms with Gasteiger partial charge in [0.05, 0.1) is 31.0 Å². The molecule has 10 heteroatoms. The number of carbonyl (C=O) groups is 1. The fourth-order valence-corrected chi connectivity index (χ4v) is 5.22. The molecule has 0 aliphatic rings. The summed E-state index contributed by atoms with van der Waals surface area (Å²) in [7, 11) is -1.28. The van der Waals surface area contributed by atoms with Crippen LogP contribution in [-0.2, 0) is 14.8 Å². The van der Waals surface area contributed by atoms with Crippen LogP contribution >= 0.6 is 0 Å². The summed E-state index contributed by atoms with van der Waals surface area (Å²) in [6.45, 7) is -0.585. The third kappa shape index (κ3) is 5.49. The molecule has 0 heterocycles. The number of hydrogen-bond acceptors (Lipinski definition) is 7. The van der Waals surface area contributed by atoms with E-state index in [1.165, 1.54) is 50.8 Å². The molecule has 0 aliphatic carbocycles. The van der Waals surface area contributed by atoms with Crippen molar-refractivity contribution >= 4 is 38.6 Å². The van der Waals surface area contributed by atoms with Gasteiger partial charge in [0.1, 0.15) is 23.8 Å². The van der Waals surface area contributed by atoms with Crippen molar-refractivity contribution in [1.82, 2.24) is 5.43 Å². The first kappa shape index (κ1) is 25.5. The molecule has 0 bridgehead atoms. The number of phenols is 1. The van der Waals surface area contributed by atoms with Crippen LogP contribution in [0, 0.1) is 0 Å². The summed E-state index contributed by atoms with van der Waals surface area (Å²) in [5.41, 5.74) is 2.93. The minimum absolute atomic E-state index is 0.00449. The largest absolute Gasteiger partial charge is 0.507 e. The van der Waals surface area contributed by atoms with Gasteiger partial charge in [-0.25, -0.2) is 13.8 Å². The summed E-state index contributed by atoms with van der Waals surface area (Å²) < 4.78 is 38.7. The first-order valence-corrected chi connectivity index (χ1v) is 12.6. The van der Waals surface area contributed by atoms with E-state index in [-0.39, 0.29) is 22.1 Å². The molecule has 0 spiro atoms. The molecule has 9 nitrogen and oxygen atoms in total. The van der Waals surface area contributed by atoms with Crippen LogP contribution < -0.4 is 19.2 Å². The number of ether oxygens (including phenoxy) is 2. The highest BCUT2D eigenvalue weighted by atomic mass is 32.2. The number of nitrogens with zero attached hydrogens (tertiary/aromatic N) is 2. The molecule has 1 amide bonds. The van der Waals surface area contributed by atoms with Gasteiger partial charge in [-0.1, -0.05) is 48.5 Å². The predicted molar refractivity (Wildman–Crippen MR) is 142 cm³/mol. The predicted octanol–water partition coefficient (Wildman–Crippen LogP) is 3.91. The van der Waals surface area contributed by atoms with E-state index in [0.29, 0.717) is 11.3 Å². The number of nitrogens with one attached hydrogen (secondary N) is 1. The van der Waals surface area contributed by atoms with Gasteiger partial charge in [-0.05, 0) is 41.1 Å². The van der Waals surface area contributed by atoms with E-state index in [9.17, 15) is 18.3 Å². The highest BCUT2D eigenvalue weighted by Crippen LogP contribution is 2.35. The molecule has 0 radical (unpaired) electrons. The molecule has 4 rings (SSSR count). The number of hydrazone groups is 1. The smallest absolute Gasteiger partial charge is 0.264 e. The van der Waals surface area contributed by atoms with Gasteiger partial charge in [0.15, 0.2) is 0 Å². The molecule has 0 atom stereocenters. The zero-order valence-electron chi connectivity index (χ0n) is 20.2. The van der Waals surface area contributed by atoms with E-state index in [4.69, 9.17) is 9.47 Å². The van der Waals surface area contributed by atoms with Crippen LogP contribution in [0.1, 0.15) is 5.56 Å². The molecule has 4 aromatic rings. The van der Waals surface area contributed by atoms with Crippen molar-refractivity contribution in [3.63, 3.8) is 0 Å². The zero-order valence-corrected chi connectivity index (χ0v) is 21.0. The Morgan fingerprint density at radius 3 is 2.43 bits per heavy atom. The van der Waals surface area contributed by atoms with Crippen molar-refractivity contribution in [3.8, 4) is 17.2 Å². The first-order chi connectivity index (χ1) is 17.8. The van der Waals surface area contributed by atoms with Crippen LogP contribution in [-0.4, -0.2) is 46.4 Å². The normalized spacial score (nSPS) is 11.4. The summed E-state index contributed by atoms with van der Waals surface area (Å²) in [6.07, 6.45) is 1.32. The molecule has 2 N–H and O–H groups in total. The Morgan fingerprint density at radius 2 is 1.70 bits per heavy atom. The maximum Gasteiger partial charge on any atom is 0.264 e. The van der Waals surface area contributed by atoms with Gasteiger partial charge in [-0.2, -0.15) is 5.10 Å². The Labute approximate surface area is 214 Å².